The molecule has 1 heterocycles. The van der Waals surface area contributed by atoms with E-state index in [9.17, 15) is 0 Å². The summed E-state index contributed by atoms with van der Waals surface area (Å²) in [5.74, 6) is 0. The molecular weight excluding hydrogens is 174 g/mol. The first kappa shape index (κ1) is 11.1. The van der Waals surface area contributed by atoms with Crippen LogP contribution in [0.1, 0.15) is 18.2 Å². The molecule has 0 aliphatic heterocycles. The molecule has 78 valence electrons. The molecular formula is C11H19N3. The first-order valence-electron chi connectivity index (χ1n) is 4.96. The minimum atomic E-state index is 0.399. The van der Waals surface area contributed by atoms with Crippen LogP contribution in [0.2, 0.25) is 0 Å². The highest BCUT2D eigenvalue weighted by molar-refractivity contribution is 5.17. The number of hydrogen-bond donors (Lipinski definition) is 1. The van der Waals surface area contributed by atoms with Gasteiger partial charge in [0.05, 0.1) is 5.69 Å². The minimum Gasteiger partial charge on any atom is -0.329 e. The summed E-state index contributed by atoms with van der Waals surface area (Å²) in [6, 6.07) is 4.45. The maximum absolute atomic E-state index is 5.60. The van der Waals surface area contributed by atoms with Gasteiger partial charge in [0.2, 0.25) is 0 Å². The summed E-state index contributed by atoms with van der Waals surface area (Å²) >= 11 is 0. The standard InChI is InChI=1S/C11H19N3/c1-9-5-4-6-13-11(9)8-14(3)10(2)7-12/h4-6,10H,7-8,12H2,1-3H3. The van der Waals surface area contributed by atoms with Crippen LogP contribution in [0, 0.1) is 6.92 Å². The van der Waals surface area contributed by atoms with Crippen LogP contribution in [-0.4, -0.2) is 29.5 Å². The fourth-order valence-electron chi connectivity index (χ4n) is 1.26. The van der Waals surface area contributed by atoms with E-state index in [1.165, 1.54) is 5.56 Å². The summed E-state index contributed by atoms with van der Waals surface area (Å²) < 4.78 is 0. The van der Waals surface area contributed by atoms with Crippen molar-refractivity contribution in [1.29, 1.82) is 0 Å². The van der Waals surface area contributed by atoms with Gasteiger partial charge >= 0.3 is 0 Å². The fourth-order valence-corrected chi connectivity index (χ4v) is 1.26. The third kappa shape index (κ3) is 2.79. The van der Waals surface area contributed by atoms with E-state index in [0.717, 1.165) is 12.2 Å². The second-order valence-electron chi connectivity index (χ2n) is 3.77. The van der Waals surface area contributed by atoms with Crippen LogP contribution in [-0.2, 0) is 6.54 Å². The first-order chi connectivity index (χ1) is 6.65. The summed E-state index contributed by atoms with van der Waals surface area (Å²) in [5.41, 5.74) is 7.98. The van der Waals surface area contributed by atoms with Gasteiger partial charge in [0.1, 0.15) is 0 Å². The monoisotopic (exact) mass is 193 g/mol. The van der Waals surface area contributed by atoms with Gasteiger partial charge in [0.15, 0.2) is 0 Å². The number of nitrogens with zero attached hydrogens (tertiary/aromatic N) is 2. The molecule has 0 saturated heterocycles. The predicted octanol–water partition coefficient (Wildman–Crippen LogP) is 1.17. The van der Waals surface area contributed by atoms with Crippen LogP contribution < -0.4 is 5.73 Å². The van der Waals surface area contributed by atoms with Crippen LogP contribution in [0.5, 0.6) is 0 Å². The van der Waals surface area contributed by atoms with Gasteiger partial charge in [0.25, 0.3) is 0 Å². The van der Waals surface area contributed by atoms with E-state index in [1.807, 2.05) is 12.3 Å². The van der Waals surface area contributed by atoms with Gasteiger partial charge in [-0.15, -0.1) is 0 Å². The summed E-state index contributed by atoms with van der Waals surface area (Å²) in [4.78, 5) is 6.57. The van der Waals surface area contributed by atoms with E-state index in [0.29, 0.717) is 12.6 Å². The van der Waals surface area contributed by atoms with Crippen molar-refractivity contribution in [3.05, 3.63) is 29.6 Å². The molecule has 0 radical (unpaired) electrons. The Morgan fingerprint density at radius 3 is 2.86 bits per heavy atom. The molecule has 2 N–H and O–H groups in total. The second-order valence-corrected chi connectivity index (χ2v) is 3.77. The lowest BCUT2D eigenvalue weighted by molar-refractivity contribution is 0.251. The smallest absolute Gasteiger partial charge is 0.0573 e. The van der Waals surface area contributed by atoms with Gasteiger partial charge in [-0.3, -0.25) is 9.88 Å². The molecule has 0 amide bonds. The largest absolute Gasteiger partial charge is 0.329 e. The predicted molar refractivity (Wildman–Crippen MR) is 59.0 cm³/mol. The summed E-state index contributed by atoms with van der Waals surface area (Å²) in [5, 5.41) is 0. The van der Waals surface area contributed by atoms with Crippen LogP contribution in [0.3, 0.4) is 0 Å². The summed E-state index contributed by atoms with van der Waals surface area (Å²) in [6.07, 6.45) is 1.84. The zero-order valence-corrected chi connectivity index (χ0v) is 9.20. The van der Waals surface area contributed by atoms with E-state index in [-0.39, 0.29) is 0 Å². The second kappa shape index (κ2) is 5.08. The fraction of sp³-hybridized carbons (Fsp3) is 0.545. The minimum absolute atomic E-state index is 0.399. The summed E-state index contributed by atoms with van der Waals surface area (Å²) in [7, 11) is 2.08. The topological polar surface area (TPSA) is 42.2 Å². The highest BCUT2D eigenvalue weighted by Crippen LogP contribution is 2.07. The van der Waals surface area contributed by atoms with Crippen molar-refractivity contribution in [2.75, 3.05) is 13.6 Å². The van der Waals surface area contributed by atoms with Crippen molar-refractivity contribution in [3.63, 3.8) is 0 Å². The lowest BCUT2D eigenvalue weighted by Crippen LogP contribution is -2.35. The Morgan fingerprint density at radius 1 is 1.57 bits per heavy atom. The third-order valence-corrected chi connectivity index (χ3v) is 2.61. The van der Waals surface area contributed by atoms with Crippen molar-refractivity contribution in [1.82, 2.24) is 9.88 Å². The Kier molecular flexibility index (Phi) is 4.04. The highest BCUT2D eigenvalue weighted by Gasteiger charge is 2.09. The molecule has 0 aliphatic carbocycles. The van der Waals surface area contributed by atoms with E-state index in [1.54, 1.807) is 0 Å². The molecule has 1 unspecified atom stereocenters. The average Bonchev–Trinajstić information content (AvgIpc) is 2.20. The Hall–Kier alpha value is -0.930. The van der Waals surface area contributed by atoms with Crippen LogP contribution in [0.15, 0.2) is 18.3 Å². The zero-order chi connectivity index (χ0) is 10.6. The molecule has 1 aromatic rings. The van der Waals surface area contributed by atoms with Gasteiger partial charge in [-0.1, -0.05) is 6.07 Å². The molecule has 1 rings (SSSR count). The molecule has 0 aromatic carbocycles. The van der Waals surface area contributed by atoms with Crippen LogP contribution >= 0.6 is 0 Å². The Bertz CT molecular complexity index is 286. The molecule has 0 saturated carbocycles. The Labute approximate surface area is 85.9 Å². The maximum atomic E-state index is 5.60. The maximum Gasteiger partial charge on any atom is 0.0573 e. The van der Waals surface area contributed by atoms with E-state index in [2.05, 4.69) is 36.8 Å². The SMILES string of the molecule is Cc1cccnc1CN(C)C(C)CN. The molecule has 0 aliphatic rings. The van der Waals surface area contributed by atoms with Crippen molar-refractivity contribution < 1.29 is 0 Å². The van der Waals surface area contributed by atoms with Crippen LogP contribution in [0.4, 0.5) is 0 Å². The molecule has 1 aromatic heterocycles. The third-order valence-electron chi connectivity index (χ3n) is 2.61. The first-order valence-corrected chi connectivity index (χ1v) is 4.96. The molecule has 0 bridgehead atoms. The zero-order valence-electron chi connectivity index (χ0n) is 9.20. The molecule has 0 spiro atoms. The number of likely N-dealkylation sites (N-methyl/N-ethyl adjacent to an activating group) is 1. The van der Waals surface area contributed by atoms with Gasteiger partial charge < -0.3 is 5.73 Å². The number of rotatable bonds is 4. The lowest BCUT2D eigenvalue weighted by atomic mass is 10.2. The summed E-state index contributed by atoms with van der Waals surface area (Å²) in [6.45, 7) is 5.76. The Morgan fingerprint density at radius 2 is 2.29 bits per heavy atom. The van der Waals surface area contributed by atoms with Gasteiger partial charge in [-0.2, -0.15) is 0 Å². The lowest BCUT2D eigenvalue weighted by Gasteiger charge is -2.23. The molecule has 3 heteroatoms. The quantitative estimate of drug-likeness (QED) is 0.780. The molecule has 0 fully saturated rings. The van der Waals surface area contributed by atoms with Gasteiger partial charge in [-0.05, 0) is 32.5 Å². The van der Waals surface area contributed by atoms with Gasteiger partial charge in [0, 0.05) is 25.3 Å². The molecule has 14 heavy (non-hydrogen) atoms. The van der Waals surface area contributed by atoms with Crippen molar-refractivity contribution in [2.24, 2.45) is 5.73 Å². The number of aryl methyl sites for hydroxylation is 1. The molecule has 3 nitrogen and oxygen atoms in total. The van der Waals surface area contributed by atoms with E-state index >= 15 is 0 Å². The normalized spacial score (nSPS) is 13.2. The van der Waals surface area contributed by atoms with E-state index in [4.69, 9.17) is 5.73 Å². The number of pyridine rings is 1. The number of aromatic nitrogens is 1. The van der Waals surface area contributed by atoms with Gasteiger partial charge in [-0.25, -0.2) is 0 Å². The van der Waals surface area contributed by atoms with Crippen LogP contribution in [0.25, 0.3) is 0 Å². The Balaban J connectivity index is 2.64. The van der Waals surface area contributed by atoms with Crippen molar-refractivity contribution in [3.8, 4) is 0 Å². The number of hydrogen-bond acceptors (Lipinski definition) is 3. The molecule has 1 atom stereocenters. The number of nitrogens with two attached hydrogens (primary N) is 1. The average molecular weight is 193 g/mol. The van der Waals surface area contributed by atoms with Crippen molar-refractivity contribution in [2.45, 2.75) is 26.4 Å². The highest BCUT2D eigenvalue weighted by atomic mass is 15.1. The van der Waals surface area contributed by atoms with E-state index < -0.39 is 0 Å². The van der Waals surface area contributed by atoms with Crippen molar-refractivity contribution >= 4 is 0 Å².